The molecule has 1 fully saturated rings. The first-order valence-corrected chi connectivity index (χ1v) is 10.3. The maximum atomic E-state index is 12.5. The molecular weight excluding hydrogens is 374 g/mol. The van der Waals surface area contributed by atoms with E-state index < -0.39 is 0 Å². The minimum atomic E-state index is -0.349. The SMILES string of the molecule is CC(=O)c1ccc(-c2ccc(C(=O)Nc3nnc(C4CCCCC4)s3)o2)cc1. The van der Waals surface area contributed by atoms with Crippen molar-refractivity contribution in [2.75, 3.05) is 5.32 Å². The van der Waals surface area contributed by atoms with Crippen molar-refractivity contribution in [1.82, 2.24) is 10.2 Å². The van der Waals surface area contributed by atoms with E-state index in [1.807, 2.05) is 0 Å². The van der Waals surface area contributed by atoms with Crippen LogP contribution >= 0.6 is 11.3 Å². The first-order valence-electron chi connectivity index (χ1n) is 9.46. The van der Waals surface area contributed by atoms with Gasteiger partial charge in [0.1, 0.15) is 10.8 Å². The predicted molar refractivity (Wildman–Crippen MR) is 108 cm³/mol. The predicted octanol–water partition coefficient (Wildman–Crippen LogP) is 5.30. The Morgan fingerprint density at radius 2 is 1.79 bits per heavy atom. The van der Waals surface area contributed by atoms with E-state index in [4.69, 9.17) is 4.42 Å². The van der Waals surface area contributed by atoms with Crippen LogP contribution in [0.1, 0.15) is 70.9 Å². The summed E-state index contributed by atoms with van der Waals surface area (Å²) in [6.45, 7) is 1.53. The molecule has 0 bridgehead atoms. The normalized spacial score (nSPS) is 14.8. The van der Waals surface area contributed by atoms with Gasteiger partial charge in [-0.15, -0.1) is 10.2 Å². The van der Waals surface area contributed by atoms with Gasteiger partial charge in [-0.05, 0) is 31.9 Å². The Labute approximate surface area is 167 Å². The molecule has 0 radical (unpaired) electrons. The Balaban J connectivity index is 1.43. The Hall–Kier alpha value is -2.80. The number of anilines is 1. The van der Waals surface area contributed by atoms with E-state index in [0.29, 0.717) is 22.4 Å². The second-order valence-corrected chi connectivity index (χ2v) is 8.04. The highest BCUT2D eigenvalue weighted by molar-refractivity contribution is 7.15. The summed E-state index contributed by atoms with van der Waals surface area (Å²) < 4.78 is 5.69. The van der Waals surface area contributed by atoms with Crippen molar-refractivity contribution in [2.24, 2.45) is 0 Å². The Kier molecular flexibility index (Phi) is 5.34. The van der Waals surface area contributed by atoms with Gasteiger partial charge in [-0.1, -0.05) is 54.9 Å². The van der Waals surface area contributed by atoms with Crippen molar-refractivity contribution in [3.63, 3.8) is 0 Å². The third-order valence-corrected chi connectivity index (χ3v) is 6.02. The molecule has 6 nitrogen and oxygen atoms in total. The molecule has 0 saturated heterocycles. The van der Waals surface area contributed by atoms with Gasteiger partial charge in [-0.2, -0.15) is 0 Å². The van der Waals surface area contributed by atoms with Gasteiger partial charge in [0.2, 0.25) is 5.13 Å². The Morgan fingerprint density at radius 3 is 2.50 bits per heavy atom. The van der Waals surface area contributed by atoms with Crippen LogP contribution in [0.25, 0.3) is 11.3 Å². The molecule has 0 spiro atoms. The van der Waals surface area contributed by atoms with Crippen LogP contribution in [0.2, 0.25) is 0 Å². The van der Waals surface area contributed by atoms with Gasteiger partial charge in [0.15, 0.2) is 11.5 Å². The number of carbonyl (C=O) groups is 2. The maximum Gasteiger partial charge on any atom is 0.293 e. The number of benzene rings is 1. The van der Waals surface area contributed by atoms with Crippen LogP contribution in [0.5, 0.6) is 0 Å². The lowest BCUT2D eigenvalue weighted by atomic mass is 9.90. The Morgan fingerprint density at radius 1 is 1.04 bits per heavy atom. The molecule has 28 heavy (non-hydrogen) atoms. The van der Waals surface area contributed by atoms with Gasteiger partial charge in [0.25, 0.3) is 5.91 Å². The van der Waals surface area contributed by atoms with E-state index in [1.54, 1.807) is 36.4 Å². The summed E-state index contributed by atoms with van der Waals surface area (Å²) in [6, 6.07) is 10.5. The largest absolute Gasteiger partial charge is 0.451 e. The molecule has 7 heteroatoms. The van der Waals surface area contributed by atoms with E-state index in [-0.39, 0.29) is 17.5 Å². The van der Waals surface area contributed by atoms with Gasteiger partial charge < -0.3 is 4.42 Å². The minimum absolute atomic E-state index is 0.00992. The van der Waals surface area contributed by atoms with Crippen molar-refractivity contribution in [1.29, 1.82) is 0 Å². The summed E-state index contributed by atoms with van der Waals surface area (Å²) in [6.07, 6.45) is 6.04. The summed E-state index contributed by atoms with van der Waals surface area (Å²) in [7, 11) is 0. The van der Waals surface area contributed by atoms with Crippen LogP contribution in [-0.4, -0.2) is 21.9 Å². The fraction of sp³-hybridized carbons (Fsp3) is 0.333. The van der Waals surface area contributed by atoms with Crippen molar-refractivity contribution >= 4 is 28.2 Å². The number of Topliss-reactive ketones (excluding diaryl/α,β-unsaturated/α-hetero) is 1. The molecule has 4 rings (SSSR count). The maximum absolute atomic E-state index is 12.5. The molecule has 1 amide bonds. The number of hydrogen-bond acceptors (Lipinski definition) is 6. The average molecular weight is 395 g/mol. The van der Waals surface area contributed by atoms with Crippen LogP contribution in [-0.2, 0) is 0 Å². The number of carbonyl (C=O) groups excluding carboxylic acids is 2. The Bertz CT molecular complexity index is 985. The third kappa shape index (κ3) is 4.04. The molecule has 1 N–H and O–H groups in total. The van der Waals surface area contributed by atoms with Crippen molar-refractivity contribution in [3.05, 3.63) is 52.7 Å². The van der Waals surface area contributed by atoms with Crippen LogP contribution in [0, 0.1) is 0 Å². The quantitative estimate of drug-likeness (QED) is 0.593. The summed E-state index contributed by atoms with van der Waals surface area (Å²) in [5.41, 5.74) is 1.44. The third-order valence-electron chi connectivity index (χ3n) is 5.02. The summed E-state index contributed by atoms with van der Waals surface area (Å²) in [5.74, 6) is 0.902. The molecule has 0 unspecified atom stereocenters. The van der Waals surface area contributed by atoms with Crippen LogP contribution in [0.15, 0.2) is 40.8 Å². The monoisotopic (exact) mass is 395 g/mol. The first-order chi connectivity index (χ1) is 13.6. The lowest BCUT2D eigenvalue weighted by Gasteiger charge is -2.18. The zero-order chi connectivity index (χ0) is 19.5. The molecule has 1 aliphatic rings. The molecule has 1 aliphatic carbocycles. The molecule has 1 aromatic carbocycles. The molecule has 2 heterocycles. The number of furan rings is 1. The van der Waals surface area contributed by atoms with Crippen molar-refractivity contribution in [3.8, 4) is 11.3 Å². The summed E-state index contributed by atoms with van der Waals surface area (Å²) in [4.78, 5) is 23.9. The number of ketones is 1. The van der Waals surface area contributed by atoms with Crippen LogP contribution in [0.4, 0.5) is 5.13 Å². The van der Waals surface area contributed by atoms with Gasteiger partial charge in [0.05, 0.1) is 0 Å². The van der Waals surface area contributed by atoms with E-state index in [1.165, 1.54) is 37.5 Å². The number of hydrogen-bond donors (Lipinski definition) is 1. The molecule has 1 saturated carbocycles. The number of nitrogens with one attached hydrogen (secondary N) is 1. The van der Waals surface area contributed by atoms with Gasteiger partial charge in [-0.3, -0.25) is 14.9 Å². The highest BCUT2D eigenvalue weighted by Crippen LogP contribution is 2.35. The summed E-state index contributed by atoms with van der Waals surface area (Å²) >= 11 is 1.44. The fourth-order valence-corrected chi connectivity index (χ4v) is 4.35. The lowest BCUT2D eigenvalue weighted by molar-refractivity contribution is 0.0994. The van der Waals surface area contributed by atoms with E-state index in [9.17, 15) is 9.59 Å². The highest BCUT2D eigenvalue weighted by atomic mass is 32.1. The second-order valence-electron chi connectivity index (χ2n) is 7.03. The smallest absolute Gasteiger partial charge is 0.293 e. The van der Waals surface area contributed by atoms with Crippen molar-refractivity contribution < 1.29 is 14.0 Å². The van der Waals surface area contributed by atoms with Crippen LogP contribution < -0.4 is 5.32 Å². The van der Waals surface area contributed by atoms with E-state index >= 15 is 0 Å². The standard InChI is InChI=1S/C21H21N3O3S/c1-13(25)14-7-9-15(10-8-14)17-11-12-18(27-17)19(26)22-21-24-23-20(28-21)16-5-3-2-4-6-16/h7-12,16H,2-6H2,1H3,(H,22,24,26). The number of rotatable bonds is 5. The lowest BCUT2D eigenvalue weighted by Crippen LogP contribution is -2.10. The minimum Gasteiger partial charge on any atom is -0.451 e. The fourth-order valence-electron chi connectivity index (χ4n) is 3.44. The molecule has 144 valence electrons. The average Bonchev–Trinajstić information content (AvgIpc) is 3.39. The molecule has 0 atom stereocenters. The molecular formula is C21H21N3O3S. The van der Waals surface area contributed by atoms with E-state index in [2.05, 4.69) is 15.5 Å². The molecule has 3 aromatic rings. The number of amides is 1. The molecule has 0 aliphatic heterocycles. The van der Waals surface area contributed by atoms with Crippen LogP contribution in [0.3, 0.4) is 0 Å². The van der Waals surface area contributed by atoms with Gasteiger partial charge in [0, 0.05) is 17.0 Å². The zero-order valence-electron chi connectivity index (χ0n) is 15.6. The number of nitrogens with zero attached hydrogens (tertiary/aromatic N) is 2. The van der Waals surface area contributed by atoms with Crippen molar-refractivity contribution in [2.45, 2.75) is 44.9 Å². The zero-order valence-corrected chi connectivity index (χ0v) is 16.4. The highest BCUT2D eigenvalue weighted by Gasteiger charge is 2.21. The topological polar surface area (TPSA) is 85.1 Å². The first kappa shape index (κ1) is 18.6. The second kappa shape index (κ2) is 8.06. The number of aromatic nitrogens is 2. The van der Waals surface area contributed by atoms with E-state index in [0.717, 1.165) is 23.4 Å². The van der Waals surface area contributed by atoms with Gasteiger partial charge >= 0.3 is 0 Å². The molecule has 2 aromatic heterocycles. The summed E-state index contributed by atoms with van der Waals surface area (Å²) in [5, 5.41) is 12.6. The van der Waals surface area contributed by atoms with Gasteiger partial charge in [-0.25, -0.2) is 0 Å².